The van der Waals surface area contributed by atoms with Crippen LogP contribution in [0, 0.1) is 0 Å². The highest BCUT2D eigenvalue weighted by molar-refractivity contribution is 5.94. The van der Waals surface area contributed by atoms with Gasteiger partial charge in [0.05, 0.1) is 44.5 Å². The number of carbonyl (C=O) groups is 1. The summed E-state index contributed by atoms with van der Waals surface area (Å²) < 4.78 is 24.5. The summed E-state index contributed by atoms with van der Waals surface area (Å²) in [5.74, 6) is 1.89. The van der Waals surface area contributed by atoms with E-state index >= 15 is 0 Å². The van der Waals surface area contributed by atoms with Crippen LogP contribution in [0.15, 0.2) is 47.7 Å². The van der Waals surface area contributed by atoms with E-state index in [1.807, 2.05) is 34.9 Å². The van der Waals surface area contributed by atoms with Gasteiger partial charge < -0.3 is 24.3 Å². The van der Waals surface area contributed by atoms with Crippen molar-refractivity contribution in [1.29, 1.82) is 0 Å². The molecule has 0 radical (unpaired) electrons. The van der Waals surface area contributed by atoms with Crippen LogP contribution in [0.25, 0.3) is 11.0 Å². The Labute approximate surface area is 193 Å². The lowest BCUT2D eigenvalue weighted by Gasteiger charge is -2.32. The molecule has 1 aromatic heterocycles. The fourth-order valence-corrected chi connectivity index (χ4v) is 4.36. The number of rotatable bonds is 8. The van der Waals surface area contributed by atoms with E-state index < -0.39 is 6.04 Å². The number of benzene rings is 2. The zero-order chi connectivity index (χ0) is 23.5. The van der Waals surface area contributed by atoms with Crippen LogP contribution >= 0.6 is 0 Å². The predicted octanol–water partition coefficient (Wildman–Crippen LogP) is 4.69. The van der Waals surface area contributed by atoms with Gasteiger partial charge >= 0.3 is 5.97 Å². The van der Waals surface area contributed by atoms with E-state index in [2.05, 4.69) is 12.2 Å². The first-order chi connectivity index (χ1) is 16.1. The molecule has 4 rings (SSSR count). The molecule has 0 saturated heterocycles. The van der Waals surface area contributed by atoms with E-state index in [1.54, 1.807) is 34.3 Å². The van der Waals surface area contributed by atoms with E-state index in [0.717, 1.165) is 28.7 Å². The van der Waals surface area contributed by atoms with Crippen molar-refractivity contribution in [2.75, 3.05) is 33.3 Å². The van der Waals surface area contributed by atoms with Crippen LogP contribution in [-0.2, 0) is 9.53 Å². The average Bonchev–Trinajstić information content (AvgIpc) is 3.20. The summed E-state index contributed by atoms with van der Waals surface area (Å²) in [6.45, 7) is 4.14. The summed E-state index contributed by atoms with van der Waals surface area (Å²) in [5, 5.41) is 3.40. The van der Waals surface area contributed by atoms with Gasteiger partial charge in [-0.2, -0.15) is 0 Å². The van der Waals surface area contributed by atoms with Crippen molar-refractivity contribution in [1.82, 2.24) is 9.55 Å². The van der Waals surface area contributed by atoms with Crippen molar-refractivity contribution in [2.24, 2.45) is 0 Å². The molecule has 0 unspecified atom stereocenters. The van der Waals surface area contributed by atoms with Crippen molar-refractivity contribution in [3.63, 3.8) is 0 Å². The Balaban J connectivity index is 2.09. The normalized spacial score (nSPS) is 15.1. The van der Waals surface area contributed by atoms with Crippen LogP contribution in [-0.4, -0.2) is 43.5 Å². The van der Waals surface area contributed by atoms with Crippen LogP contribution in [0.2, 0.25) is 0 Å². The Kier molecular flexibility index (Phi) is 6.44. The molecule has 1 N–H and O–H groups in total. The number of para-hydroxylation sites is 2. The van der Waals surface area contributed by atoms with Gasteiger partial charge in [-0.25, -0.2) is 9.78 Å². The number of imidazole rings is 1. The molecule has 2 aromatic carbocycles. The number of methoxy groups -OCH3 is 3. The summed E-state index contributed by atoms with van der Waals surface area (Å²) in [5.41, 5.74) is 3.72. The standard InChI is InChI=1S/C25H29N3O5/c1-6-10-18-21(24(29)33-7-2)22(16-13-15(30-3)14-20(31-4)23(16)32-5)28-19-12-9-8-11-17(19)26-25(28)27-18/h8-9,11-14,22H,6-7,10H2,1-5H3,(H,26,27)/t22-/m0/s1. The number of esters is 1. The number of fused-ring (bicyclic) bond motifs is 3. The molecule has 0 amide bonds. The maximum Gasteiger partial charge on any atom is 0.338 e. The molecule has 0 aliphatic carbocycles. The summed E-state index contributed by atoms with van der Waals surface area (Å²) in [6.07, 6.45) is 1.51. The van der Waals surface area contributed by atoms with Crippen LogP contribution in [0.4, 0.5) is 5.95 Å². The number of hydrogen-bond donors (Lipinski definition) is 1. The van der Waals surface area contributed by atoms with Crippen molar-refractivity contribution in [3.05, 3.63) is 53.2 Å². The molecular weight excluding hydrogens is 422 g/mol. The lowest BCUT2D eigenvalue weighted by molar-refractivity contribution is -0.139. The van der Waals surface area contributed by atoms with Crippen molar-refractivity contribution < 1.29 is 23.7 Å². The highest BCUT2D eigenvalue weighted by atomic mass is 16.5. The second-order valence-electron chi connectivity index (χ2n) is 7.64. The number of allylic oxidation sites excluding steroid dienone is 1. The van der Waals surface area contributed by atoms with E-state index in [-0.39, 0.29) is 12.6 Å². The number of hydrogen-bond acceptors (Lipinski definition) is 7. The van der Waals surface area contributed by atoms with Crippen LogP contribution in [0.5, 0.6) is 17.2 Å². The average molecular weight is 452 g/mol. The van der Waals surface area contributed by atoms with Gasteiger partial charge in [-0.3, -0.25) is 4.57 Å². The smallest absolute Gasteiger partial charge is 0.338 e. The molecule has 8 heteroatoms. The minimum absolute atomic E-state index is 0.268. The highest BCUT2D eigenvalue weighted by Crippen LogP contribution is 2.47. The van der Waals surface area contributed by atoms with E-state index in [1.165, 1.54) is 0 Å². The van der Waals surface area contributed by atoms with Crippen LogP contribution in [0.3, 0.4) is 0 Å². The monoisotopic (exact) mass is 451 g/mol. The lowest BCUT2D eigenvalue weighted by Crippen LogP contribution is -2.30. The zero-order valence-corrected chi connectivity index (χ0v) is 19.6. The number of anilines is 1. The Bertz CT molecular complexity index is 1210. The molecule has 0 fully saturated rings. The molecule has 0 spiro atoms. The maximum atomic E-state index is 13.4. The third-order valence-electron chi connectivity index (χ3n) is 5.72. The van der Waals surface area contributed by atoms with Crippen molar-refractivity contribution in [2.45, 2.75) is 32.7 Å². The van der Waals surface area contributed by atoms with E-state index in [0.29, 0.717) is 35.2 Å². The van der Waals surface area contributed by atoms with Gasteiger partial charge in [-0.1, -0.05) is 25.5 Å². The SMILES string of the molecule is CCCC1=C(C(=O)OCC)[C@H](c2cc(OC)cc(OC)c2OC)n2c(nc3ccccc32)N1. The van der Waals surface area contributed by atoms with Crippen molar-refractivity contribution >= 4 is 23.0 Å². The van der Waals surface area contributed by atoms with E-state index in [9.17, 15) is 4.79 Å². The largest absolute Gasteiger partial charge is 0.497 e. The molecule has 1 aliphatic rings. The first kappa shape index (κ1) is 22.5. The molecular formula is C25H29N3O5. The summed E-state index contributed by atoms with van der Waals surface area (Å²) in [7, 11) is 4.75. The molecule has 1 atom stereocenters. The lowest BCUT2D eigenvalue weighted by atomic mass is 9.92. The quantitative estimate of drug-likeness (QED) is 0.497. The summed E-state index contributed by atoms with van der Waals surface area (Å²) in [4.78, 5) is 18.2. The first-order valence-corrected chi connectivity index (χ1v) is 11.0. The predicted molar refractivity (Wildman–Crippen MR) is 126 cm³/mol. The molecule has 2 heterocycles. The minimum atomic E-state index is -0.562. The summed E-state index contributed by atoms with van der Waals surface area (Å²) >= 11 is 0. The molecule has 8 nitrogen and oxygen atoms in total. The van der Waals surface area contributed by atoms with Crippen LogP contribution in [0.1, 0.15) is 38.3 Å². The fraction of sp³-hybridized carbons (Fsp3) is 0.360. The third-order valence-corrected chi connectivity index (χ3v) is 5.72. The second-order valence-corrected chi connectivity index (χ2v) is 7.64. The Hall–Kier alpha value is -3.68. The van der Waals surface area contributed by atoms with Gasteiger partial charge in [0, 0.05) is 17.3 Å². The number of aromatic nitrogens is 2. The van der Waals surface area contributed by atoms with E-state index in [4.69, 9.17) is 23.9 Å². The minimum Gasteiger partial charge on any atom is -0.497 e. The molecule has 1 aliphatic heterocycles. The number of nitrogens with one attached hydrogen (secondary N) is 1. The highest BCUT2D eigenvalue weighted by Gasteiger charge is 2.38. The Morgan fingerprint density at radius 1 is 1.09 bits per heavy atom. The molecule has 0 saturated carbocycles. The third kappa shape index (κ3) is 3.86. The first-order valence-electron chi connectivity index (χ1n) is 11.0. The molecule has 0 bridgehead atoms. The van der Waals surface area contributed by atoms with Gasteiger partial charge in [0.2, 0.25) is 5.95 Å². The molecule has 3 aromatic rings. The molecule has 174 valence electrons. The second kappa shape index (κ2) is 9.44. The Morgan fingerprint density at radius 3 is 2.55 bits per heavy atom. The van der Waals surface area contributed by atoms with Crippen LogP contribution < -0.4 is 19.5 Å². The van der Waals surface area contributed by atoms with Gasteiger partial charge in [0.25, 0.3) is 0 Å². The number of ether oxygens (including phenoxy) is 4. The van der Waals surface area contributed by atoms with Crippen molar-refractivity contribution in [3.8, 4) is 17.2 Å². The van der Waals surface area contributed by atoms with Gasteiger partial charge in [0.15, 0.2) is 11.5 Å². The molecule has 33 heavy (non-hydrogen) atoms. The Morgan fingerprint density at radius 2 is 1.88 bits per heavy atom. The van der Waals surface area contributed by atoms with Gasteiger partial charge in [0.1, 0.15) is 11.8 Å². The zero-order valence-electron chi connectivity index (χ0n) is 19.6. The van der Waals surface area contributed by atoms with Gasteiger partial charge in [-0.05, 0) is 31.5 Å². The van der Waals surface area contributed by atoms with Gasteiger partial charge in [-0.15, -0.1) is 0 Å². The number of carbonyl (C=O) groups excluding carboxylic acids is 1. The topological polar surface area (TPSA) is 83.8 Å². The number of nitrogens with zero attached hydrogens (tertiary/aromatic N) is 2. The fourth-order valence-electron chi connectivity index (χ4n) is 4.36. The summed E-state index contributed by atoms with van der Waals surface area (Å²) in [6, 6.07) is 10.9. The maximum absolute atomic E-state index is 13.4.